The third-order valence-electron chi connectivity index (χ3n) is 2.89. The molecule has 2 rings (SSSR count). The fourth-order valence-corrected chi connectivity index (χ4v) is 2.83. The molecule has 1 saturated carbocycles. The summed E-state index contributed by atoms with van der Waals surface area (Å²) in [6.45, 7) is -0.212. The number of nitrogen functional groups attached to an aromatic ring is 1. The fraction of sp³-hybridized carbons (Fsp3) is 0.417. The number of hydrogen-bond acceptors (Lipinski definition) is 4. The van der Waals surface area contributed by atoms with E-state index in [1.54, 1.807) is 0 Å². The smallest absolute Gasteiger partial charge is 0.243 e. The van der Waals surface area contributed by atoms with E-state index in [1.807, 2.05) is 4.72 Å². The van der Waals surface area contributed by atoms with Gasteiger partial charge in [-0.1, -0.05) is 0 Å². The molecule has 0 aliphatic heterocycles. The van der Waals surface area contributed by atoms with Crippen LogP contribution in [0.1, 0.15) is 19.3 Å². The molecule has 1 aliphatic carbocycles. The number of nitrogens with two attached hydrogens (primary N) is 1. The SMILES string of the molecule is Nc1cc(F)c(F)c(S(=O)(=O)NCCC(=O)NC2CC2)c1. The van der Waals surface area contributed by atoms with Crippen LogP contribution in [0.15, 0.2) is 17.0 Å². The van der Waals surface area contributed by atoms with Crippen molar-refractivity contribution in [3.8, 4) is 0 Å². The van der Waals surface area contributed by atoms with Gasteiger partial charge in [0.2, 0.25) is 15.9 Å². The second kappa shape index (κ2) is 5.94. The first-order valence-corrected chi connectivity index (χ1v) is 7.81. The number of carbonyl (C=O) groups is 1. The molecule has 0 bridgehead atoms. The van der Waals surface area contributed by atoms with E-state index in [0.29, 0.717) is 6.07 Å². The molecule has 9 heteroatoms. The first kappa shape index (κ1) is 15.6. The van der Waals surface area contributed by atoms with Crippen LogP contribution in [0, 0.1) is 11.6 Å². The highest BCUT2D eigenvalue weighted by molar-refractivity contribution is 7.89. The van der Waals surface area contributed by atoms with Crippen LogP contribution in [0.5, 0.6) is 0 Å². The molecule has 116 valence electrons. The number of nitrogens with one attached hydrogen (secondary N) is 2. The summed E-state index contributed by atoms with van der Waals surface area (Å²) in [5, 5.41) is 2.68. The number of halogens is 2. The monoisotopic (exact) mass is 319 g/mol. The van der Waals surface area contributed by atoms with Gasteiger partial charge in [0, 0.05) is 24.7 Å². The molecule has 21 heavy (non-hydrogen) atoms. The molecule has 0 atom stereocenters. The summed E-state index contributed by atoms with van der Waals surface area (Å²) in [5.74, 6) is -3.14. The van der Waals surface area contributed by atoms with Gasteiger partial charge in [-0.2, -0.15) is 0 Å². The number of amides is 1. The predicted octanol–water partition coefficient (Wildman–Crippen LogP) is 0.494. The topological polar surface area (TPSA) is 101 Å². The van der Waals surface area contributed by atoms with Gasteiger partial charge in [0.15, 0.2) is 11.6 Å². The van der Waals surface area contributed by atoms with E-state index in [4.69, 9.17) is 5.73 Å². The van der Waals surface area contributed by atoms with E-state index < -0.39 is 26.6 Å². The van der Waals surface area contributed by atoms with Crippen molar-refractivity contribution < 1.29 is 22.0 Å². The molecule has 1 amide bonds. The van der Waals surface area contributed by atoms with Gasteiger partial charge in [-0.15, -0.1) is 0 Å². The number of anilines is 1. The van der Waals surface area contributed by atoms with Crippen LogP contribution in [-0.2, 0) is 14.8 Å². The first-order valence-electron chi connectivity index (χ1n) is 6.33. The Kier molecular flexibility index (Phi) is 4.43. The predicted molar refractivity (Wildman–Crippen MR) is 71.7 cm³/mol. The van der Waals surface area contributed by atoms with E-state index in [0.717, 1.165) is 18.9 Å². The van der Waals surface area contributed by atoms with Crippen molar-refractivity contribution >= 4 is 21.6 Å². The van der Waals surface area contributed by atoms with Crippen LogP contribution in [0.25, 0.3) is 0 Å². The standard InChI is InChI=1S/C12H15F2N3O3S/c13-9-5-7(15)6-10(12(9)14)21(19,20)16-4-3-11(18)17-8-1-2-8/h5-6,8,16H,1-4,15H2,(H,17,18). The molecule has 1 aromatic carbocycles. The third-order valence-corrected chi connectivity index (χ3v) is 4.35. The van der Waals surface area contributed by atoms with Crippen LogP contribution in [0.2, 0.25) is 0 Å². The maximum atomic E-state index is 13.5. The van der Waals surface area contributed by atoms with Gasteiger partial charge in [0.05, 0.1) is 0 Å². The lowest BCUT2D eigenvalue weighted by Gasteiger charge is -2.09. The minimum Gasteiger partial charge on any atom is -0.399 e. The summed E-state index contributed by atoms with van der Waals surface area (Å²) in [5.41, 5.74) is 5.09. The van der Waals surface area contributed by atoms with Crippen LogP contribution in [0.4, 0.5) is 14.5 Å². The number of hydrogen-bond donors (Lipinski definition) is 3. The van der Waals surface area contributed by atoms with Crippen molar-refractivity contribution in [3.63, 3.8) is 0 Å². The number of rotatable bonds is 6. The van der Waals surface area contributed by atoms with Crippen molar-refractivity contribution in [1.82, 2.24) is 10.0 Å². The maximum absolute atomic E-state index is 13.5. The molecule has 6 nitrogen and oxygen atoms in total. The minimum absolute atomic E-state index is 0.0812. The highest BCUT2D eigenvalue weighted by Gasteiger charge is 2.24. The number of benzene rings is 1. The zero-order valence-corrected chi connectivity index (χ0v) is 11.8. The summed E-state index contributed by atoms with van der Waals surface area (Å²) < 4.78 is 52.5. The largest absolute Gasteiger partial charge is 0.399 e. The molecule has 1 aromatic rings. The molecule has 0 spiro atoms. The maximum Gasteiger partial charge on any atom is 0.243 e. The van der Waals surface area contributed by atoms with Crippen molar-refractivity contribution in [2.75, 3.05) is 12.3 Å². The van der Waals surface area contributed by atoms with Crippen LogP contribution in [-0.4, -0.2) is 26.9 Å². The van der Waals surface area contributed by atoms with Gasteiger partial charge in [-0.05, 0) is 25.0 Å². The second-order valence-electron chi connectivity index (χ2n) is 4.80. The third kappa shape index (κ3) is 4.11. The quantitative estimate of drug-likeness (QED) is 0.664. The van der Waals surface area contributed by atoms with E-state index in [9.17, 15) is 22.0 Å². The highest BCUT2D eigenvalue weighted by atomic mass is 32.2. The Morgan fingerprint density at radius 1 is 1.33 bits per heavy atom. The summed E-state index contributed by atoms with van der Waals surface area (Å²) in [4.78, 5) is 10.5. The summed E-state index contributed by atoms with van der Waals surface area (Å²) in [6.07, 6.45) is 1.76. The van der Waals surface area contributed by atoms with Crippen molar-refractivity contribution in [3.05, 3.63) is 23.8 Å². The van der Waals surface area contributed by atoms with E-state index in [2.05, 4.69) is 5.32 Å². The zero-order valence-electron chi connectivity index (χ0n) is 11.0. The van der Waals surface area contributed by atoms with Crippen LogP contribution in [0.3, 0.4) is 0 Å². The summed E-state index contributed by atoms with van der Waals surface area (Å²) in [6, 6.07) is 1.69. The lowest BCUT2D eigenvalue weighted by Crippen LogP contribution is -2.32. The highest BCUT2D eigenvalue weighted by Crippen LogP contribution is 2.21. The van der Waals surface area contributed by atoms with Crippen molar-refractivity contribution in [2.24, 2.45) is 0 Å². The van der Waals surface area contributed by atoms with E-state index in [1.165, 1.54) is 0 Å². The van der Waals surface area contributed by atoms with Gasteiger partial charge < -0.3 is 11.1 Å². The van der Waals surface area contributed by atoms with Gasteiger partial charge in [0.25, 0.3) is 0 Å². The van der Waals surface area contributed by atoms with Crippen LogP contribution < -0.4 is 15.8 Å². The van der Waals surface area contributed by atoms with Gasteiger partial charge in [0.1, 0.15) is 4.90 Å². The average Bonchev–Trinajstić information content (AvgIpc) is 3.17. The Bertz CT molecular complexity index is 660. The average molecular weight is 319 g/mol. The molecule has 0 unspecified atom stereocenters. The Morgan fingerprint density at radius 3 is 2.62 bits per heavy atom. The second-order valence-corrected chi connectivity index (χ2v) is 6.54. The molecule has 1 aliphatic rings. The Hall–Kier alpha value is -1.74. The number of carbonyl (C=O) groups excluding carboxylic acids is 1. The first-order chi connectivity index (χ1) is 9.79. The summed E-state index contributed by atoms with van der Waals surface area (Å²) in [7, 11) is -4.27. The molecule has 0 heterocycles. The summed E-state index contributed by atoms with van der Waals surface area (Å²) >= 11 is 0. The van der Waals surface area contributed by atoms with Gasteiger partial charge in [-0.25, -0.2) is 21.9 Å². The minimum atomic E-state index is -4.27. The molecule has 0 radical (unpaired) electrons. The van der Waals surface area contributed by atoms with Crippen molar-refractivity contribution in [1.29, 1.82) is 0 Å². The fourth-order valence-electron chi connectivity index (χ4n) is 1.68. The van der Waals surface area contributed by atoms with E-state index in [-0.39, 0.29) is 30.6 Å². The van der Waals surface area contributed by atoms with E-state index >= 15 is 0 Å². The normalized spacial score (nSPS) is 15.0. The van der Waals surface area contributed by atoms with Gasteiger partial charge >= 0.3 is 0 Å². The Balaban J connectivity index is 1.99. The Morgan fingerprint density at radius 2 is 2.00 bits per heavy atom. The Labute approximate surface area is 120 Å². The molecule has 0 saturated heterocycles. The number of sulfonamides is 1. The lowest BCUT2D eigenvalue weighted by atomic mass is 10.3. The van der Waals surface area contributed by atoms with Gasteiger partial charge in [-0.3, -0.25) is 4.79 Å². The van der Waals surface area contributed by atoms with Crippen LogP contribution >= 0.6 is 0 Å². The molecule has 1 fully saturated rings. The zero-order chi connectivity index (χ0) is 15.6. The molecular weight excluding hydrogens is 304 g/mol. The molecule has 4 N–H and O–H groups in total. The molecular formula is C12H15F2N3O3S. The molecule has 0 aromatic heterocycles. The van der Waals surface area contributed by atoms with Crippen molar-refractivity contribution in [2.45, 2.75) is 30.2 Å². The lowest BCUT2D eigenvalue weighted by molar-refractivity contribution is -0.121.